The molecule has 0 aliphatic carbocycles. The Balaban J connectivity index is 3.04. The van der Waals surface area contributed by atoms with Crippen molar-refractivity contribution in [2.45, 2.75) is 19.8 Å². The molecule has 0 bridgehead atoms. The second-order valence-electron chi connectivity index (χ2n) is 2.14. The van der Waals surface area contributed by atoms with Crippen LogP contribution in [0.3, 0.4) is 0 Å². The number of nitrogens with one attached hydrogen (secondary N) is 1. The van der Waals surface area contributed by atoms with Crippen molar-refractivity contribution < 1.29 is 9.63 Å². The van der Waals surface area contributed by atoms with Crippen molar-refractivity contribution in [3.8, 4) is 0 Å². The van der Waals surface area contributed by atoms with E-state index in [1.165, 1.54) is 20.0 Å². The van der Waals surface area contributed by atoms with Gasteiger partial charge < -0.3 is 0 Å². The molecule has 0 aromatic carbocycles. The van der Waals surface area contributed by atoms with Crippen LogP contribution in [-0.4, -0.2) is 24.5 Å². The number of hydrogen-bond donors (Lipinski definition) is 1. The molecule has 0 atom stereocenters. The number of carbonyl (C=O) groups is 1. The highest BCUT2D eigenvalue weighted by Crippen LogP contribution is 2.02. The van der Waals surface area contributed by atoms with Crippen LogP contribution in [0.1, 0.15) is 19.8 Å². The third kappa shape index (κ3) is 7.68. The molecule has 0 saturated heterocycles. The van der Waals surface area contributed by atoms with E-state index in [1.54, 1.807) is 11.8 Å². The fraction of sp³-hybridized carbons (Fsp3) is 0.857. The normalized spacial score (nSPS) is 9.64. The topological polar surface area (TPSA) is 38.3 Å². The van der Waals surface area contributed by atoms with Crippen LogP contribution < -0.4 is 5.48 Å². The van der Waals surface area contributed by atoms with Crippen molar-refractivity contribution in [1.82, 2.24) is 5.48 Å². The molecule has 11 heavy (non-hydrogen) atoms. The summed E-state index contributed by atoms with van der Waals surface area (Å²) in [5.74, 6) is 1.48. The van der Waals surface area contributed by atoms with Crippen LogP contribution >= 0.6 is 11.8 Å². The van der Waals surface area contributed by atoms with Crippen molar-refractivity contribution in [3.05, 3.63) is 0 Å². The smallest absolute Gasteiger partial charge is 0.253 e. The van der Waals surface area contributed by atoms with Gasteiger partial charge in [-0.15, -0.1) is 0 Å². The number of hydrogen-bond acceptors (Lipinski definition) is 3. The molecule has 1 N–H and O–H groups in total. The lowest BCUT2D eigenvalue weighted by molar-refractivity contribution is -0.128. The number of hydroxylamine groups is 1. The maximum absolute atomic E-state index is 10.7. The Labute approximate surface area is 71.8 Å². The molecule has 0 unspecified atom stereocenters. The zero-order valence-electron chi connectivity index (χ0n) is 7.05. The van der Waals surface area contributed by atoms with E-state index in [1.807, 2.05) is 0 Å². The van der Waals surface area contributed by atoms with Gasteiger partial charge >= 0.3 is 0 Å². The molecule has 0 rings (SSSR count). The Kier molecular flexibility index (Phi) is 7.72. The highest BCUT2D eigenvalue weighted by atomic mass is 32.2. The SMILES string of the molecule is CCCCSCC(=O)NOC. The summed E-state index contributed by atoms with van der Waals surface area (Å²) in [4.78, 5) is 15.2. The van der Waals surface area contributed by atoms with E-state index in [9.17, 15) is 4.79 Å². The van der Waals surface area contributed by atoms with Crippen molar-refractivity contribution >= 4 is 17.7 Å². The van der Waals surface area contributed by atoms with Crippen molar-refractivity contribution in [1.29, 1.82) is 0 Å². The van der Waals surface area contributed by atoms with E-state index in [4.69, 9.17) is 0 Å². The highest BCUT2D eigenvalue weighted by Gasteiger charge is 1.98. The molecular weight excluding hydrogens is 162 g/mol. The second kappa shape index (κ2) is 7.88. The molecule has 0 aliphatic heterocycles. The Morgan fingerprint density at radius 2 is 2.36 bits per heavy atom. The van der Waals surface area contributed by atoms with Gasteiger partial charge in [0.25, 0.3) is 5.91 Å². The van der Waals surface area contributed by atoms with E-state index in [0.717, 1.165) is 5.75 Å². The summed E-state index contributed by atoms with van der Waals surface area (Å²) in [6, 6.07) is 0. The maximum Gasteiger partial charge on any atom is 0.253 e. The van der Waals surface area contributed by atoms with Crippen LogP contribution in [0.15, 0.2) is 0 Å². The lowest BCUT2D eigenvalue weighted by Gasteiger charge is -2.00. The zero-order chi connectivity index (χ0) is 8.53. The predicted molar refractivity (Wildman–Crippen MR) is 47.4 cm³/mol. The molecule has 0 aromatic rings. The van der Waals surface area contributed by atoms with E-state index in [-0.39, 0.29) is 5.91 Å². The van der Waals surface area contributed by atoms with Crippen LogP contribution in [0.4, 0.5) is 0 Å². The highest BCUT2D eigenvalue weighted by molar-refractivity contribution is 7.99. The van der Waals surface area contributed by atoms with Crippen molar-refractivity contribution in [3.63, 3.8) is 0 Å². The molecule has 0 heterocycles. The quantitative estimate of drug-likeness (QED) is 0.489. The van der Waals surface area contributed by atoms with Gasteiger partial charge in [-0.2, -0.15) is 11.8 Å². The van der Waals surface area contributed by atoms with Crippen LogP contribution in [0.5, 0.6) is 0 Å². The van der Waals surface area contributed by atoms with Gasteiger partial charge in [-0.05, 0) is 12.2 Å². The molecule has 0 radical (unpaired) electrons. The molecular formula is C7H15NO2S. The number of amides is 1. The van der Waals surface area contributed by atoms with Crippen molar-refractivity contribution in [2.24, 2.45) is 0 Å². The van der Waals surface area contributed by atoms with Gasteiger partial charge in [-0.25, -0.2) is 5.48 Å². The van der Waals surface area contributed by atoms with E-state index < -0.39 is 0 Å². The zero-order valence-corrected chi connectivity index (χ0v) is 7.87. The van der Waals surface area contributed by atoms with Gasteiger partial charge in [0.05, 0.1) is 12.9 Å². The summed E-state index contributed by atoms with van der Waals surface area (Å²) in [6.45, 7) is 2.13. The Morgan fingerprint density at radius 3 is 2.91 bits per heavy atom. The van der Waals surface area contributed by atoms with Gasteiger partial charge in [0.1, 0.15) is 0 Å². The molecule has 0 aromatic heterocycles. The monoisotopic (exact) mass is 177 g/mol. The fourth-order valence-corrected chi connectivity index (χ4v) is 1.44. The number of unbranched alkanes of at least 4 members (excludes halogenated alkanes) is 1. The third-order valence-corrected chi connectivity index (χ3v) is 2.13. The molecule has 66 valence electrons. The predicted octanol–water partition coefficient (Wildman–Crippen LogP) is 1.20. The molecule has 1 amide bonds. The minimum atomic E-state index is -0.0615. The van der Waals surface area contributed by atoms with Crippen LogP contribution in [0.2, 0.25) is 0 Å². The molecule has 3 nitrogen and oxygen atoms in total. The van der Waals surface area contributed by atoms with Crippen LogP contribution in [-0.2, 0) is 9.63 Å². The fourth-order valence-electron chi connectivity index (χ4n) is 0.555. The van der Waals surface area contributed by atoms with Gasteiger partial charge in [0, 0.05) is 0 Å². The van der Waals surface area contributed by atoms with E-state index in [2.05, 4.69) is 17.2 Å². The molecule has 0 fully saturated rings. The first-order valence-corrected chi connectivity index (χ1v) is 4.86. The number of carbonyl (C=O) groups excluding carboxylic acids is 1. The van der Waals surface area contributed by atoms with Crippen LogP contribution in [0, 0.1) is 0 Å². The van der Waals surface area contributed by atoms with E-state index >= 15 is 0 Å². The van der Waals surface area contributed by atoms with Gasteiger partial charge in [0.2, 0.25) is 0 Å². The summed E-state index contributed by atoms with van der Waals surface area (Å²) in [5.41, 5.74) is 2.26. The average molecular weight is 177 g/mol. The first-order chi connectivity index (χ1) is 5.31. The minimum Gasteiger partial charge on any atom is -0.277 e. The van der Waals surface area contributed by atoms with Gasteiger partial charge in [-0.1, -0.05) is 13.3 Å². The number of rotatable bonds is 6. The Hall–Kier alpha value is -0.220. The van der Waals surface area contributed by atoms with Crippen molar-refractivity contribution in [2.75, 3.05) is 18.6 Å². The summed E-state index contributed by atoms with van der Waals surface area (Å²) in [6.07, 6.45) is 2.35. The molecule has 4 heteroatoms. The molecule has 0 spiro atoms. The lowest BCUT2D eigenvalue weighted by Crippen LogP contribution is -2.23. The average Bonchev–Trinajstić information content (AvgIpc) is 1.99. The third-order valence-electron chi connectivity index (χ3n) is 1.09. The van der Waals surface area contributed by atoms with Crippen LogP contribution in [0.25, 0.3) is 0 Å². The van der Waals surface area contributed by atoms with Gasteiger partial charge in [0.15, 0.2) is 0 Å². The minimum absolute atomic E-state index is 0.0615. The summed E-state index contributed by atoms with van der Waals surface area (Å²) in [7, 11) is 1.44. The molecule has 0 aliphatic rings. The Bertz CT molecular complexity index is 109. The summed E-state index contributed by atoms with van der Waals surface area (Å²) < 4.78 is 0. The first kappa shape index (κ1) is 10.8. The van der Waals surface area contributed by atoms with Gasteiger partial charge in [-0.3, -0.25) is 9.63 Å². The molecule has 0 saturated carbocycles. The number of thioether (sulfide) groups is 1. The lowest BCUT2D eigenvalue weighted by atomic mass is 10.4. The Morgan fingerprint density at radius 1 is 1.64 bits per heavy atom. The van der Waals surface area contributed by atoms with E-state index in [0.29, 0.717) is 5.75 Å². The maximum atomic E-state index is 10.7. The first-order valence-electron chi connectivity index (χ1n) is 3.70. The summed E-state index contributed by atoms with van der Waals surface area (Å²) >= 11 is 1.63. The second-order valence-corrected chi connectivity index (χ2v) is 3.24. The standard InChI is InChI=1S/C7H15NO2S/c1-3-4-5-11-6-7(9)8-10-2/h3-6H2,1-2H3,(H,8,9). The largest absolute Gasteiger partial charge is 0.277 e. The summed E-state index contributed by atoms with van der Waals surface area (Å²) in [5, 5.41) is 0.